The summed E-state index contributed by atoms with van der Waals surface area (Å²) in [5.74, 6) is 0.638. The van der Waals surface area contributed by atoms with E-state index in [1.165, 1.54) is 12.7 Å². The quantitative estimate of drug-likeness (QED) is 0.819. The van der Waals surface area contributed by atoms with Crippen LogP contribution in [0.2, 0.25) is 0 Å². The van der Waals surface area contributed by atoms with Gasteiger partial charge in [-0.2, -0.15) is 0 Å². The Morgan fingerprint density at radius 2 is 2.50 bits per heavy atom. The van der Waals surface area contributed by atoms with Gasteiger partial charge in [0, 0.05) is 13.2 Å². The minimum absolute atomic E-state index is 0.109. The normalized spacial score (nSPS) is 20.7. The Morgan fingerprint density at radius 1 is 1.62 bits per heavy atom. The Hall–Kier alpha value is -0.630. The van der Waals surface area contributed by atoms with Crippen molar-refractivity contribution in [2.24, 2.45) is 0 Å². The molecule has 16 heavy (non-hydrogen) atoms. The molecule has 0 radical (unpaired) electrons. The van der Waals surface area contributed by atoms with Crippen molar-refractivity contribution >= 4 is 28.4 Å². The highest BCUT2D eigenvalue weighted by molar-refractivity contribution is 14.1. The van der Waals surface area contributed by atoms with E-state index in [9.17, 15) is 4.79 Å². The molecule has 5 nitrogen and oxygen atoms in total. The first-order chi connectivity index (χ1) is 7.77. The Labute approximate surface area is 107 Å². The fraction of sp³-hybridized carbons (Fsp3) is 0.600. The van der Waals surface area contributed by atoms with E-state index in [0.717, 1.165) is 19.4 Å². The van der Waals surface area contributed by atoms with Crippen molar-refractivity contribution in [3.05, 3.63) is 20.3 Å². The van der Waals surface area contributed by atoms with Crippen LogP contribution in [-0.4, -0.2) is 29.2 Å². The predicted octanol–water partition coefficient (Wildman–Crippen LogP) is 1.36. The molecule has 1 saturated heterocycles. The number of H-pyrrole nitrogens is 1. The molecular formula is C10H14IN3O2. The Balaban J connectivity index is 1.93. The van der Waals surface area contributed by atoms with Gasteiger partial charge in [0.05, 0.1) is 12.4 Å². The Kier molecular flexibility index (Phi) is 4.16. The fourth-order valence-electron chi connectivity index (χ4n) is 1.69. The lowest BCUT2D eigenvalue weighted by atomic mass is 10.1. The fourth-order valence-corrected chi connectivity index (χ4v) is 2.17. The van der Waals surface area contributed by atoms with Crippen LogP contribution >= 0.6 is 22.6 Å². The highest BCUT2D eigenvalue weighted by Gasteiger charge is 2.14. The van der Waals surface area contributed by atoms with Crippen LogP contribution in [0.4, 0.5) is 5.82 Å². The van der Waals surface area contributed by atoms with Gasteiger partial charge in [0.25, 0.3) is 5.56 Å². The summed E-state index contributed by atoms with van der Waals surface area (Å²) < 4.78 is 6.18. The van der Waals surface area contributed by atoms with E-state index in [1.807, 2.05) is 22.6 Å². The van der Waals surface area contributed by atoms with Gasteiger partial charge in [-0.15, -0.1) is 0 Å². The summed E-state index contributed by atoms with van der Waals surface area (Å²) in [7, 11) is 0. The average Bonchev–Trinajstić information content (AvgIpc) is 2.32. The van der Waals surface area contributed by atoms with E-state index >= 15 is 0 Å². The molecule has 0 amide bonds. The van der Waals surface area contributed by atoms with E-state index < -0.39 is 0 Å². The molecule has 2 N–H and O–H groups in total. The first kappa shape index (κ1) is 11.8. The molecular weight excluding hydrogens is 321 g/mol. The minimum Gasteiger partial charge on any atom is -0.376 e. The first-order valence-corrected chi connectivity index (χ1v) is 6.44. The Morgan fingerprint density at radius 3 is 3.25 bits per heavy atom. The van der Waals surface area contributed by atoms with Crippen LogP contribution in [0.25, 0.3) is 0 Å². The van der Waals surface area contributed by atoms with Gasteiger partial charge in [-0.3, -0.25) is 4.79 Å². The molecule has 0 saturated carbocycles. The van der Waals surface area contributed by atoms with Crippen molar-refractivity contribution in [1.82, 2.24) is 9.97 Å². The second-order valence-corrected chi connectivity index (χ2v) is 4.84. The molecule has 1 atom stereocenters. The molecule has 1 aliphatic rings. The van der Waals surface area contributed by atoms with Crippen molar-refractivity contribution in [1.29, 1.82) is 0 Å². The maximum atomic E-state index is 11.3. The van der Waals surface area contributed by atoms with Crippen molar-refractivity contribution in [3.63, 3.8) is 0 Å². The maximum Gasteiger partial charge on any atom is 0.266 e. The second kappa shape index (κ2) is 5.62. The summed E-state index contributed by atoms with van der Waals surface area (Å²) in [6.45, 7) is 1.55. The molecule has 1 aliphatic heterocycles. The van der Waals surface area contributed by atoms with E-state index in [4.69, 9.17) is 4.74 Å². The maximum absolute atomic E-state index is 11.3. The van der Waals surface area contributed by atoms with Gasteiger partial charge in [0.2, 0.25) is 0 Å². The van der Waals surface area contributed by atoms with Crippen LogP contribution in [0.1, 0.15) is 19.3 Å². The van der Waals surface area contributed by atoms with Crippen LogP contribution in [0.15, 0.2) is 11.1 Å². The number of aromatic nitrogens is 2. The molecule has 1 fully saturated rings. The van der Waals surface area contributed by atoms with Gasteiger partial charge in [0.15, 0.2) is 0 Å². The summed E-state index contributed by atoms with van der Waals surface area (Å²) >= 11 is 1.99. The number of anilines is 1. The van der Waals surface area contributed by atoms with Crippen molar-refractivity contribution in [2.45, 2.75) is 25.4 Å². The van der Waals surface area contributed by atoms with Gasteiger partial charge in [-0.05, 0) is 41.9 Å². The summed E-state index contributed by atoms with van der Waals surface area (Å²) in [6, 6.07) is 0. The zero-order valence-corrected chi connectivity index (χ0v) is 11.0. The predicted molar refractivity (Wildman–Crippen MR) is 69.7 cm³/mol. The lowest BCUT2D eigenvalue weighted by Crippen LogP contribution is -2.28. The number of hydrogen-bond donors (Lipinski definition) is 2. The molecule has 0 bridgehead atoms. The number of aromatic amines is 1. The van der Waals surface area contributed by atoms with Crippen molar-refractivity contribution in [2.75, 3.05) is 18.5 Å². The third-order valence-corrected chi connectivity index (χ3v) is 3.57. The monoisotopic (exact) mass is 335 g/mol. The van der Waals surface area contributed by atoms with Crippen LogP contribution in [0, 0.1) is 3.57 Å². The second-order valence-electron chi connectivity index (χ2n) is 3.76. The van der Waals surface area contributed by atoms with Gasteiger partial charge < -0.3 is 15.0 Å². The lowest BCUT2D eigenvalue weighted by Gasteiger charge is -2.23. The SMILES string of the molecule is O=c1[nH]cnc(NCC2CCCCO2)c1I. The Bertz CT molecular complexity index is 401. The van der Waals surface area contributed by atoms with Crippen LogP contribution in [-0.2, 0) is 4.74 Å². The number of halogens is 1. The highest BCUT2D eigenvalue weighted by Crippen LogP contribution is 2.14. The number of hydrogen-bond acceptors (Lipinski definition) is 4. The molecule has 6 heteroatoms. The van der Waals surface area contributed by atoms with Crippen molar-refractivity contribution in [3.8, 4) is 0 Å². The van der Waals surface area contributed by atoms with Crippen LogP contribution in [0.5, 0.6) is 0 Å². The summed E-state index contributed by atoms with van der Waals surface area (Å²) in [6.07, 6.45) is 5.09. The number of nitrogens with one attached hydrogen (secondary N) is 2. The molecule has 0 aliphatic carbocycles. The molecule has 2 rings (SSSR count). The van der Waals surface area contributed by atoms with Gasteiger partial charge in [-0.1, -0.05) is 0 Å². The van der Waals surface area contributed by atoms with Gasteiger partial charge in [-0.25, -0.2) is 4.98 Å². The molecule has 88 valence electrons. The van der Waals surface area contributed by atoms with E-state index in [1.54, 1.807) is 0 Å². The van der Waals surface area contributed by atoms with Gasteiger partial charge >= 0.3 is 0 Å². The number of rotatable bonds is 3. The van der Waals surface area contributed by atoms with Crippen molar-refractivity contribution < 1.29 is 4.74 Å². The van der Waals surface area contributed by atoms with E-state index in [-0.39, 0.29) is 11.7 Å². The molecule has 0 spiro atoms. The van der Waals surface area contributed by atoms with E-state index in [2.05, 4.69) is 15.3 Å². The van der Waals surface area contributed by atoms with Gasteiger partial charge in [0.1, 0.15) is 9.39 Å². The average molecular weight is 335 g/mol. The highest BCUT2D eigenvalue weighted by atomic mass is 127. The zero-order chi connectivity index (χ0) is 11.4. The summed E-state index contributed by atoms with van der Waals surface area (Å²) in [5, 5.41) is 3.16. The third kappa shape index (κ3) is 2.94. The summed E-state index contributed by atoms with van der Waals surface area (Å²) in [5.41, 5.74) is -0.109. The zero-order valence-electron chi connectivity index (χ0n) is 8.83. The van der Waals surface area contributed by atoms with Crippen LogP contribution < -0.4 is 10.9 Å². The molecule has 1 unspecified atom stereocenters. The molecule has 2 heterocycles. The van der Waals surface area contributed by atoms with E-state index in [0.29, 0.717) is 15.9 Å². The minimum atomic E-state index is -0.109. The molecule has 0 aromatic carbocycles. The standard InChI is InChI=1S/C10H14IN3O2/c11-8-9(13-6-14-10(8)15)12-5-7-3-1-2-4-16-7/h6-7H,1-5H2,(H2,12,13,14,15). The summed E-state index contributed by atoms with van der Waals surface area (Å²) in [4.78, 5) is 17.9. The molecule has 1 aromatic heterocycles. The van der Waals surface area contributed by atoms with Crippen LogP contribution in [0.3, 0.4) is 0 Å². The third-order valence-electron chi connectivity index (χ3n) is 2.57. The number of ether oxygens (including phenoxy) is 1. The molecule has 1 aromatic rings. The first-order valence-electron chi connectivity index (χ1n) is 5.36. The lowest BCUT2D eigenvalue weighted by molar-refractivity contribution is 0.0247. The number of nitrogens with zero attached hydrogens (tertiary/aromatic N) is 1. The smallest absolute Gasteiger partial charge is 0.266 e. The largest absolute Gasteiger partial charge is 0.376 e. The topological polar surface area (TPSA) is 67.0 Å².